The van der Waals surface area contributed by atoms with Crippen molar-refractivity contribution in [1.82, 2.24) is 4.90 Å². The van der Waals surface area contributed by atoms with Gasteiger partial charge in [0.05, 0.1) is 0 Å². The summed E-state index contributed by atoms with van der Waals surface area (Å²) >= 11 is 0. The maximum absolute atomic E-state index is 12.2. The average molecular weight is 289 g/mol. The minimum absolute atomic E-state index is 0.0746. The smallest absolute Gasteiger partial charge is 0.410 e. The van der Waals surface area contributed by atoms with Gasteiger partial charge in [-0.15, -0.1) is 0 Å². The lowest BCUT2D eigenvalue weighted by molar-refractivity contribution is -0.146. The van der Waals surface area contributed by atoms with E-state index in [-0.39, 0.29) is 12.5 Å². The van der Waals surface area contributed by atoms with Gasteiger partial charge in [-0.3, -0.25) is 4.90 Å². The van der Waals surface area contributed by atoms with Gasteiger partial charge in [0.25, 0.3) is 0 Å². The van der Waals surface area contributed by atoms with Crippen molar-refractivity contribution in [2.75, 3.05) is 6.54 Å². The van der Waals surface area contributed by atoms with Gasteiger partial charge in [-0.05, 0) is 36.7 Å². The molecule has 1 aromatic rings. The summed E-state index contributed by atoms with van der Waals surface area (Å²) in [5.74, 6) is -0.419. The molecular formula is C16H19NO4. The first-order valence-corrected chi connectivity index (χ1v) is 7.35. The van der Waals surface area contributed by atoms with E-state index in [4.69, 9.17) is 4.74 Å². The van der Waals surface area contributed by atoms with Crippen molar-refractivity contribution in [2.24, 2.45) is 11.8 Å². The zero-order valence-electron chi connectivity index (χ0n) is 11.8. The number of carboxylic acids is 1. The Kier molecular flexibility index (Phi) is 3.82. The SMILES string of the molecule is O=C(O)[C@@H]1[C@@H]2CC[C@@H](C2)CN1C(=O)OCc1ccccc1. The van der Waals surface area contributed by atoms with E-state index in [1.54, 1.807) is 0 Å². The molecule has 2 fully saturated rings. The molecule has 0 unspecified atom stereocenters. The number of fused-ring (bicyclic) bond motifs is 2. The van der Waals surface area contributed by atoms with E-state index in [0.717, 1.165) is 24.8 Å². The predicted molar refractivity (Wildman–Crippen MR) is 75.6 cm³/mol. The fourth-order valence-electron chi connectivity index (χ4n) is 3.54. The van der Waals surface area contributed by atoms with Gasteiger partial charge >= 0.3 is 12.1 Å². The summed E-state index contributed by atoms with van der Waals surface area (Å²) in [7, 11) is 0. The molecule has 1 saturated carbocycles. The summed E-state index contributed by atoms with van der Waals surface area (Å²) in [6.07, 6.45) is 2.31. The molecule has 21 heavy (non-hydrogen) atoms. The van der Waals surface area contributed by atoms with Gasteiger partial charge in [-0.1, -0.05) is 30.3 Å². The van der Waals surface area contributed by atoms with Gasteiger partial charge in [0.15, 0.2) is 0 Å². The number of ether oxygens (including phenoxy) is 1. The van der Waals surface area contributed by atoms with E-state index >= 15 is 0 Å². The number of likely N-dealkylation sites (tertiary alicyclic amines) is 1. The van der Waals surface area contributed by atoms with Crippen molar-refractivity contribution in [3.05, 3.63) is 35.9 Å². The van der Waals surface area contributed by atoms with E-state index in [9.17, 15) is 14.7 Å². The van der Waals surface area contributed by atoms with Crippen LogP contribution in [0.5, 0.6) is 0 Å². The Balaban J connectivity index is 1.66. The van der Waals surface area contributed by atoms with Crippen molar-refractivity contribution in [2.45, 2.75) is 31.9 Å². The number of amides is 1. The number of hydrogen-bond donors (Lipinski definition) is 1. The van der Waals surface area contributed by atoms with Crippen LogP contribution < -0.4 is 0 Å². The number of carboxylic acid groups (broad SMARTS) is 1. The number of nitrogens with zero attached hydrogens (tertiary/aromatic N) is 1. The number of rotatable bonds is 3. The van der Waals surface area contributed by atoms with Crippen LogP contribution in [-0.4, -0.2) is 34.7 Å². The quantitative estimate of drug-likeness (QED) is 0.928. The first-order valence-electron chi connectivity index (χ1n) is 7.35. The minimum atomic E-state index is -0.919. The molecule has 2 bridgehead atoms. The van der Waals surface area contributed by atoms with Crippen molar-refractivity contribution >= 4 is 12.1 Å². The first-order chi connectivity index (χ1) is 10.1. The number of benzene rings is 1. The molecule has 5 nitrogen and oxygen atoms in total. The number of hydrogen-bond acceptors (Lipinski definition) is 3. The molecule has 0 aromatic heterocycles. The Morgan fingerprint density at radius 2 is 2.00 bits per heavy atom. The van der Waals surface area contributed by atoms with Crippen LogP contribution in [0.3, 0.4) is 0 Å². The van der Waals surface area contributed by atoms with Crippen LogP contribution in [0.25, 0.3) is 0 Å². The van der Waals surface area contributed by atoms with Crippen LogP contribution in [0.1, 0.15) is 24.8 Å². The highest BCUT2D eigenvalue weighted by Gasteiger charge is 2.46. The summed E-state index contributed by atoms with van der Waals surface area (Å²) in [6, 6.07) is 8.68. The highest BCUT2D eigenvalue weighted by molar-refractivity contribution is 5.80. The van der Waals surface area contributed by atoms with E-state index in [1.165, 1.54) is 4.90 Å². The topological polar surface area (TPSA) is 66.8 Å². The lowest BCUT2D eigenvalue weighted by Gasteiger charge is -2.36. The largest absolute Gasteiger partial charge is 0.480 e. The molecule has 1 amide bonds. The van der Waals surface area contributed by atoms with Crippen LogP contribution in [-0.2, 0) is 16.1 Å². The second-order valence-corrected chi connectivity index (χ2v) is 5.91. The fraction of sp³-hybridized carbons (Fsp3) is 0.500. The number of carbonyl (C=O) groups excluding carboxylic acids is 1. The zero-order chi connectivity index (χ0) is 14.8. The summed E-state index contributed by atoms with van der Waals surface area (Å²) in [5, 5.41) is 9.41. The van der Waals surface area contributed by atoms with E-state index in [1.807, 2.05) is 30.3 Å². The second kappa shape index (κ2) is 5.76. The molecule has 112 valence electrons. The molecular weight excluding hydrogens is 270 g/mol. The molecule has 0 spiro atoms. The maximum atomic E-state index is 12.2. The van der Waals surface area contributed by atoms with Crippen molar-refractivity contribution in [3.63, 3.8) is 0 Å². The Bertz CT molecular complexity index is 530. The Hall–Kier alpha value is -2.04. The maximum Gasteiger partial charge on any atom is 0.410 e. The van der Waals surface area contributed by atoms with Gasteiger partial charge in [-0.25, -0.2) is 9.59 Å². The molecule has 0 radical (unpaired) electrons. The van der Waals surface area contributed by atoms with Gasteiger partial charge in [0.2, 0.25) is 0 Å². The standard InChI is InChI=1S/C16H19NO4/c18-15(19)14-13-7-6-12(8-13)9-17(14)16(20)21-10-11-4-2-1-3-5-11/h1-5,12-14H,6-10H2,(H,18,19)/t12-,13+,14-/m0/s1. The Labute approximate surface area is 123 Å². The van der Waals surface area contributed by atoms with Crippen molar-refractivity contribution in [3.8, 4) is 0 Å². The molecule has 1 aliphatic heterocycles. The van der Waals surface area contributed by atoms with E-state index < -0.39 is 18.1 Å². The highest BCUT2D eigenvalue weighted by Crippen LogP contribution is 2.40. The molecule has 1 saturated heterocycles. The van der Waals surface area contributed by atoms with Crippen molar-refractivity contribution in [1.29, 1.82) is 0 Å². The summed E-state index contributed by atoms with van der Waals surface area (Å²) in [6.45, 7) is 0.679. The van der Waals surface area contributed by atoms with Crippen LogP contribution >= 0.6 is 0 Å². The number of piperidine rings is 1. The summed E-state index contributed by atoms with van der Waals surface area (Å²) in [5.41, 5.74) is 0.901. The monoisotopic (exact) mass is 289 g/mol. The molecule has 5 heteroatoms. The van der Waals surface area contributed by atoms with Gasteiger partial charge in [0.1, 0.15) is 12.6 Å². The third-order valence-corrected chi connectivity index (χ3v) is 4.51. The molecule has 1 aromatic carbocycles. The molecule has 1 heterocycles. The second-order valence-electron chi connectivity index (χ2n) is 5.91. The fourth-order valence-corrected chi connectivity index (χ4v) is 3.54. The van der Waals surface area contributed by atoms with Gasteiger partial charge in [0, 0.05) is 6.54 Å². The third-order valence-electron chi connectivity index (χ3n) is 4.51. The van der Waals surface area contributed by atoms with E-state index in [2.05, 4.69) is 0 Å². The third kappa shape index (κ3) is 2.86. The zero-order valence-corrected chi connectivity index (χ0v) is 11.8. The average Bonchev–Trinajstić information content (AvgIpc) is 2.86. The molecule has 1 aliphatic carbocycles. The molecule has 1 N–H and O–H groups in total. The summed E-state index contributed by atoms with van der Waals surface area (Å²) in [4.78, 5) is 25.1. The highest BCUT2D eigenvalue weighted by atomic mass is 16.6. The van der Waals surface area contributed by atoms with Crippen molar-refractivity contribution < 1.29 is 19.4 Å². The molecule has 2 aliphatic rings. The number of aliphatic carboxylic acids is 1. The first kappa shape index (κ1) is 13.9. The number of carbonyl (C=O) groups is 2. The Morgan fingerprint density at radius 1 is 1.24 bits per heavy atom. The molecule has 3 atom stereocenters. The van der Waals surface area contributed by atoms with Crippen LogP contribution in [0.15, 0.2) is 30.3 Å². The molecule has 3 rings (SSSR count). The predicted octanol–water partition coefficient (Wildman–Crippen LogP) is 2.51. The lowest BCUT2D eigenvalue weighted by atomic mass is 9.91. The van der Waals surface area contributed by atoms with Gasteiger partial charge < -0.3 is 9.84 Å². The van der Waals surface area contributed by atoms with Crippen LogP contribution in [0.2, 0.25) is 0 Å². The lowest BCUT2D eigenvalue weighted by Crippen LogP contribution is -2.52. The summed E-state index contributed by atoms with van der Waals surface area (Å²) < 4.78 is 5.30. The Morgan fingerprint density at radius 3 is 2.71 bits per heavy atom. The van der Waals surface area contributed by atoms with Crippen LogP contribution in [0, 0.1) is 11.8 Å². The van der Waals surface area contributed by atoms with Crippen LogP contribution in [0.4, 0.5) is 4.79 Å². The normalized spacial score (nSPS) is 27.4. The van der Waals surface area contributed by atoms with Gasteiger partial charge in [-0.2, -0.15) is 0 Å². The van der Waals surface area contributed by atoms with E-state index in [0.29, 0.717) is 12.5 Å². The minimum Gasteiger partial charge on any atom is -0.480 e.